The average molecular weight is 413 g/mol. The van der Waals surface area contributed by atoms with E-state index < -0.39 is 0 Å². The molecule has 0 aliphatic heterocycles. The number of aromatic nitrogens is 2. The number of hydrogen-bond donors (Lipinski definition) is 2. The molecule has 0 atom stereocenters. The zero-order valence-corrected chi connectivity index (χ0v) is 17.9. The molecule has 2 N–H and O–H groups in total. The lowest BCUT2D eigenvalue weighted by atomic mass is 9.97. The second-order valence-electron chi connectivity index (χ2n) is 7.99. The fourth-order valence-corrected chi connectivity index (χ4v) is 3.70. The maximum absolute atomic E-state index is 12.4. The van der Waals surface area contributed by atoms with Crippen LogP contribution in [0.5, 0.6) is 0 Å². The van der Waals surface area contributed by atoms with Crippen molar-refractivity contribution in [2.24, 2.45) is 0 Å². The number of allylic oxidation sites excluding steroid dienone is 1. The quantitative estimate of drug-likeness (QED) is 0.480. The van der Waals surface area contributed by atoms with E-state index in [0.717, 1.165) is 23.4 Å². The predicted molar refractivity (Wildman–Crippen MR) is 125 cm³/mol. The summed E-state index contributed by atoms with van der Waals surface area (Å²) in [7, 11) is 0. The highest BCUT2D eigenvalue weighted by molar-refractivity contribution is 5.94. The van der Waals surface area contributed by atoms with Crippen LogP contribution in [0.2, 0.25) is 0 Å². The highest BCUT2D eigenvalue weighted by atomic mass is 16.1. The summed E-state index contributed by atoms with van der Waals surface area (Å²) in [6, 6.07) is 19.5. The number of nitrogens with one attached hydrogen (secondary N) is 2. The maximum Gasteiger partial charge on any atom is 0.251 e. The number of rotatable bonds is 7. The monoisotopic (exact) mass is 412 g/mol. The van der Waals surface area contributed by atoms with Crippen LogP contribution in [0, 0.1) is 6.92 Å². The average Bonchev–Trinajstić information content (AvgIpc) is 2.81. The zero-order valence-electron chi connectivity index (χ0n) is 17.9. The molecule has 0 unspecified atom stereocenters. The molecule has 1 aliphatic carbocycles. The van der Waals surface area contributed by atoms with Gasteiger partial charge in [-0.3, -0.25) is 4.79 Å². The summed E-state index contributed by atoms with van der Waals surface area (Å²) in [5.74, 6) is 0.624. The topological polar surface area (TPSA) is 66.9 Å². The van der Waals surface area contributed by atoms with Gasteiger partial charge in [-0.25, -0.2) is 0 Å². The van der Waals surface area contributed by atoms with Gasteiger partial charge in [0.25, 0.3) is 5.91 Å². The van der Waals surface area contributed by atoms with E-state index in [1.165, 1.54) is 36.8 Å². The molecule has 1 aliphatic rings. The van der Waals surface area contributed by atoms with Gasteiger partial charge in [0.1, 0.15) is 0 Å². The Balaban J connectivity index is 1.30. The molecule has 31 heavy (non-hydrogen) atoms. The third-order valence-corrected chi connectivity index (χ3v) is 5.55. The van der Waals surface area contributed by atoms with Crippen LogP contribution >= 0.6 is 0 Å². The van der Waals surface area contributed by atoms with Crippen LogP contribution in [0.3, 0.4) is 0 Å². The first-order valence-electron chi connectivity index (χ1n) is 10.9. The zero-order chi connectivity index (χ0) is 21.5. The van der Waals surface area contributed by atoms with Crippen molar-refractivity contribution in [2.45, 2.75) is 39.0 Å². The minimum atomic E-state index is -0.0369. The van der Waals surface area contributed by atoms with Crippen LogP contribution in [-0.2, 0) is 0 Å². The summed E-state index contributed by atoms with van der Waals surface area (Å²) in [5, 5.41) is 14.8. The van der Waals surface area contributed by atoms with E-state index in [0.29, 0.717) is 17.9 Å². The lowest BCUT2D eigenvalue weighted by Gasteiger charge is -2.13. The molecule has 1 amide bonds. The number of carbonyl (C=O) groups excluding carboxylic acids is 1. The number of amides is 1. The predicted octanol–water partition coefficient (Wildman–Crippen LogP) is 5.82. The van der Waals surface area contributed by atoms with Gasteiger partial charge in [-0.05, 0) is 75.4 Å². The number of aryl methyl sites for hydroxylation is 1. The molecule has 1 aromatic heterocycles. The normalized spacial score (nSPS) is 13.4. The fraction of sp³-hybridized carbons (Fsp3) is 0.269. The molecule has 0 saturated carbocycles. The van der Waals surface area contributed by atoms with Gasteiger partial charge in [-0.15, -0.1) is 10.2 Å². The number of anilines is 2. The van der Waals surface area contributed by atoms with E-state index >= 15 is 0 Å². The Hall–Kier alpha value is -3.47. The summed E-state index contributed by atoms with van der Waals surface area (Å²) in [4.78, 5) is 12.4. The molecule has 5 nitrogen and oxygen atoms in total. The Labute approximate surface area is 183 Å². The second kappa shape index (κ2) is 10.0. The highest BCUT2D eigenvalue weighted by Gasteiger charge is 2.08. The number of nitrogens with zero attached hydrogens (tertiary/aromatic N) is 2. The smallest absolute Gasteiger partial charge is 0.251 e. The third kappa shape index (κ3) is 5.79. The first-order chi connectivity index (χ1) is 15.2. The van der Waals surface area contributed by atoms with Crippen molar-refractivity contribution < 1.29 is 4.79 Å². The van der Waals surface area contributed by atoms with Crippen LogP contribution in [-0.4, -0.2) is 22.6 Å². The van der Waals surface area contributed by atoms with Gasteiger partial charge in [0, 0.05) is 23.4 Å². The maximum atomic E-state index is 12.4. The Kier molecular flexibility index (Phi) is 6.72. The molecule has 5 heteroatoms. The Morgan fingerprint density at radius 3 is 2.42 bits per heavy atom. The van der Waals surface area contributed by atoms with Crippen molar-refractivity contribution in [3.63, 3.8) is 0 Å². The van der Waals surface area contributed by atoms with Crippen LogP contribution < -0.4 is 10.6 Å². The standard InChI is InChI=1S/C26H28N4O/c1-19-7-9-21(10-8-19)24-15-16-25(30-29-24)28-23-13-11-22(12-14-23)26(31)27-18-17-20-5-3-2-4-6-20/h5,7-16H,2-4,6,17-18H2,1H3,(H,27,31)(H,28,30). The lowest BCUT2D eigenvalue weighted by molar-refractivity contribution is 0.0954. The van der Waals surface area contributed by atoms with Gasteiger partial charge in [0.2, 0.25) is 0 Å². The molecule has 0 spiro atoms. The molecule has 0 radical (unpaired) electrons. The van der Waals surface area contributed by atoms with E-state index in [4.69, 9.17) is 0 Å². The molecule has 4 rings (SSSR count). The van der Waals surface area contributed by atoms with Crippen molar-refractivity contribution >= 4 is 17.4 Å². The Bertz CT molecular complexity index is 1040. The molecule has 1 heterocycles. The summed E-state index contributed by atoms with van der Waals surface area (Å²) >= 11 is 0. The Morgan fingerprint density at radius 2 is 1.74 bits per heavy atom. The van der Waals surface area contributed by atoms with Crippen LogP contribution in [0.4, 0.5) is 11.5 Å². The lowest BCUT2D eigenvalue weighted by Crippen LogP contribution is -2.24. The van der Waals surface area contributed by atoms with Gasteiger partial charge in [-0.2, -0.15) is 0 Å². The largest absolute Gasteiger partial charge is 0.352 e. The summed E-state index contributed by atoms with van der Waals surface area (Å²) in [6.45, 7) is 2.75. The second-order valence-corrected chi connectivity index (χ2v) is 7.99. The first-order valence-corrected chi connectivity index (χ1v) is 10.9. The SMILES string of the molecule is Cc1ccc(-c2ccc(Nc3ccc(C(=O)NCCC4=CCCCC4)cc3)nn2)cc1. The van der Waals surface area contributed by atoms with E-state index in [-0.39, 0.29) is 5.91 Å². The molecular formula is C26H28N4O. The Morgan fingerprint density at radius 1 is 0.935 bits per heavy atom. The van der Waals surface area contributed by atoms with Crippen molar-refractivity contribution in [2.75, 3.05) is 11.9 Å². The number of benzene rings is 2. The van der Waals surface area contributed by atoms with E-state index in [2.05, 4.69) is 46.0 Å². The van der Waals surface area contributed by atoms with E-state index in [1.54, 1.807) is 0 Å². The molecule has 0 bridgehead atoms. The van der Waals surface area contributed by atoms with Gasteiger partial charge >= 0.3 is 0 Å². The summed E-state index contributed by atoms with van der Waals surface area (Å²) in [5.41, 5.74) is 6.08. The van der Waals surface area contributed by atoms with Crippen LogP contribution in [0.1, 0.15) is 48.0 Å². The molecule has 158 valence electrons. The highest BCUT2D eigenvalue weighted by Crippen LogP contribution is 2.21. The molecule has 3 aromatic rings. The minimum absolute atomic E-state index is 0.0369. The fourth-order valence-electron chi connectivity index (χ4n) is 3.70. The van der Waals surface area contributed by atoms with E-state index in [1.807, 2.05) is 48.5 Å². The van der Waals surface area contributed by atoms with Gasteiger partial charge in [0.05, 0.1) is 5.69 Å². The molecule has 0 saturated heterocycles. The van der Waals surface area contributed by atoms with Crippen molar-refractivity contribution in [1.82, 2.24) is 15.5 Å². The molecule has 2 aromatic carbocycles. The van der Waals surface area contributed by atoms with Gasteiger partial charge in [0.15, 0.2) is 5.82 Å². The summed E-state index contributed by atoms with van der Waals surface area (Å²) in [6.07, 6.45) is 8.18. The van der Waals surface area contributed by atoms with Crippen molar-refractivity contribution in [1.29, 1.82) is 0 Å². The number of hydrogen-bond acceptors (Lipinski definition) is 4. The third-order valence-electron chi connectivity index (χ3n) is 5.55. The van der Waals surface area contributed by atoms with Crippen LogP contribution in [0.15, 0.2) is 72.3 Å². The van der Waals surface area contributed by atoms with Crippen molar-refractivity contribution in [3.05, 3.63) is 83.4 Å². The summed E-state index contributed by atoms with van der Waals surface area (Å²) < 4.78 is 0. The molecule has 0 fully saturated rings. The number of carbonyl (C=O) groups is 1. The van der Waals surface area contributed by atoms with Crippen LogP contribution in [0.25, 0.3) is 11.3 Å². The molecular weight excluding hydrogens is 384 g/mol. The first kappa shape index (κ1) is 20.8. The van der Waals surface area contributed by atoms with Gasteiger partial charge in [-0.1, -0.05) is 41.5 Å². The van der Waals surface area contributed by atoms with Crippen molar-refractivity contribution in [3.8, 4) is 11.3 Å². The van der Waals surface area contributed by atoms with Gasteiger partial charge < -0.3 is 10.6 Å². The minimum Gasteiger partial charge on any atom is -0.352 e. The van der Waals surface area contributed by atoms with E-state index in [9.17, 15) is 4.79 Å².